The Morgan fingerprint density at radius 1 is 1.10 bits per heavy atom. The van der Waals surface area contributed by atoms with Crippen LogP contribution >= 0.6 is 0 Å². The average Bonchev–Trinajstić information content (AvgIpc) is 3.53. The molecule has 39 heavy (non-hydrogen) atoms. The predicted molar refractivity (Wildman–Crippen MR) is 141 cm³/mol. The largest absolute Gasteiger partial charge is 0.444 e. The summed E-state index contributed by atoms with van der Waals surface area (Å²) in [4.78, 5) is 49.4. The van der Waals surface area contributed by atoms with Crippen LogP contribution in [0.3, 0.4) is 0 Å². The van der Waals surface area contributed by atoms with Crippen molar-refractivity contribution in [3.05, 3.63) is 53.8 Å². The van der Waals surface area contributed by atoms with E-state index in [4.69, 9.17) is 9.47 Å². The van der Waals surface area contributed by atoms with Gasteiger partial charge in [0.15, 0.2) is 0 Å². The second-order valence-electron chi connectivity index (χ2n) is 10.8. The fourth-order valence-corrected chi connectivity index (χ4v) is 4.19. The Hall–Kier alpha value is -4.15. The molecule has 2 aromatic rings. The molecule has 208 valence electrons. The number of cyclic esters (lactones) is 1. The van der Waals surface area contributed by atoms with Gasteiger partial charge < -0.3 is 25.4 Å². The molecule has 0 bridgehead atoms. The zero-order valence-electron chi connectivity index (χ0n) is 22.4. The standard InChI is InChI=1S/C28H33FN4O6/c1-17(34)30-15-21-16-33(26(37)38-21)20-9-10-22(23(29)13-20)19-7-5-18(6-8-19)14-31-24(35)28(11-12-28)32-25(36)39-27(2,3)4/h5-10,13,21H,11-12,14-16H2,1-4H3,(H,30,34)(H,31,35)(H,32,36)/t21-/m0/s1. The van der Waals surface area contributed by atoms with E-state index in [0.29, 0.717) is 29.7 Å². The summed E-state index contributed by atoms with van der Waals surface area (Å²) < 4.78 is 25.5. The van der Waals surface area contributed by atoms with Gasteiger partial charge in [0.05, 0.1) is 18.8 Å². The molecular formula is C28H33FN4O6. The number of hydrogen-bond acceptors (Lipinski definition) is 6. The molecule has 1 heterocycles. The summed E-state index contributed by atoms with van der Waals surface area (Å²) in [5.41, 5.74) is 0.554. The van der Waals surface area contributed by atoms with Crippen molar-refractivity contribution < 1.29 is 33.0 Å². The van der Waals surface area contributed by atoms with Crippen molar-refractivity contribution in [2.24, 2.45) is 0 Å². The third-order valence-electron chi connectivity index (χ3n) is 6.36. The first-order valence-electron chi connectivity index (χ1n) is 12.8. The fourth-order valence-electron chi connectivity index (χ4n) is 4.19. The Balaban J connectivity index is 1.33. The summed E-state index contributed by atoms with van der Waals surface area (Å²) in [5.74, 6) is -1.01. The molecule has 1 aliphatic carbocycles. The second kappa shape index (κ2) is 10.9. The van der Waals surface area contributed by atoms with Crippen molar-refractivity contribution in [2.75, 3.05) is 18.0 Å². The number of hydrogen-bond donors (Lipinski definition) is 3. The summed E-state index contributed by atoms with van der Waals surface area (Å²) in [7, 11) is 0. The number of amides is 4. The van der Waals surface area contributed by atoms with Crippen molar-refractivity contribution >= 4 is 29.7 Å². The molecule has 11 heteroatoms. The monoisotopic (exact) mass is 540 g/mol. The van der Waals surface area contributed by atoms with E-state index in [0.717, 1.165) is 5.56 Å². The highest BCUT2D eigenvalue weighted by atomic mass is 19.1. The molecule has 0 unspecified atom stereocenters. The highest BCUT2D eigenvalue weighted by molar-refractivity contribution is 5.93. The first-order chi connectivity index (χ1) is 18.3. The minimum atomic E-state index is -0.946. The van der Waals surface area contributed by atoms with Gasteiger partial charge in [-0.05, 0) is 62.9 Å². The minimum absolute atomic E-state index is 0.187. The number of halogens is 1. The lowest BCUT2D eigenvalue weighted by Gasteiger charge is -2.23. The SMILES string of the molecule is CC(=O)NC[C@H]1CN(c2ccc(-c3ccc(CNC(=O)C4(NC(=O)OC(C)(C)C)CC4)cc3)c(F)c2)C(=O)O1. The van der Waals surface area contributed by atoms with Crippen LogP contribution in [0, 0.1) is 5.82 Å². The van der Waals surface area contributed by atoms with Gasteiger partial charge in [0.1, 0.15) is 23.1 Å². The Morgan fingerprint density at radius 3 is 2.38 bits per heavy atom. The zero-order valence-corrected chi connectivity index (χ0v) is 22.4. The van der Waals surface area contributed by atoms with Gasteiger partial charge in [-0.1, -0.05) is 24.3 Å². The summed E-state index contributed by atoms with van der Waals surface area (Å²) >= 11 is 0. The molecule has 4 amide bonds. The number of carbonyl (C=O) groups is 4. The highest BCUT2D eigenvalue weighted by Gasteiger charge is 2.51. The molecule has 1 saturated heterocycles. The molecule has 2 aromatic carbocycles. The van der Waals surface area contributed by atoms with Crippen molar-refractivity contribution in [3.8, 4) is 11.1 Å². The van der Waals surface area contributed by atoms with Crippen LogP contribution in [0.5, 0.6) is 0 Å². The number of nitrogens with one attached hydrogen (secondary N) is 3. The number of ether oxygens (including phenoxy) is 2. The molecule has 0 spiro atoms. The average molecular weight is 541 g/mol. The summed E-state index contributed by atoms with van der Waals surface area (Å²) in [6, 6.07) is 11.6. The fraction of sp³-hybridized carbons (Fsp3) is 0.429. The van der Waals surface area contributed by atoms with E-state index in [-0.39, 0.29) is 31.4 Å². The summed E-state index contributed by atoms with van der Waals surface area (Å²) in [5, 5.41) is 8.12. The van der Waals surface area contributed by atoms with Gasteiger partial charge in [0.2, 0.25) is 11.8 Å². The summed E-state index contributed by atoms with van der Waals surface area (Å²) in [6.07, 6.45) is -0.661. The van der Waals surface area contributed by atoms with E-state index in [2.05, 4.69) is 16.0 Å². The van der Waals surface area contributed by atoms with Crippen molar-refractivity contribution in [1.82, 2.24) is 16.0 Å². The van der Waals surface area contributed by atoms with E-state index in [1.165, 1.54) is 17.9 Å². The molecule has 0 aromatic heterocycles. The topological polar surface area (TPSA) is 126 Å². The minimum Gasteiger partial charge on any atom is -0.444 e. The van der Waals surface area contributed by atoms with Gasteiger partial charge in [-0.3, -0.25) is 14.5 Å². The molecule has 1 atom stereocenters. The van der Waals surface area contributed by atoms with E-state index < -0.39 is 35.2 Å². The molecule has 0 radical (unpaired) electrons. The van der Waals surface area contributed by atoms with Crippen molar-refractivity contribution in [2.45, 2.75) is 64.3 Å². The van der Waals surface area contributed by atoms with Crippen LogP contribution in [0.1, 0.15) is 46.1 Å². The van der Waals surface area contributed by atoms with Gasteiger partial charge in [-0.2, -0.15) is 0 Å². The van der Waals surface area contributed by atoms with Crippen LogP contribution in [0.4, 0.5) is 19.7 Å². The van der Waals surface area contributed by atoms with Gasteiger partial charge in [-0.15, -0.1) is 0 Å². The lowest BCUT2D eigenvalue weighted by Crippen LogP contribution is -2.50. The third-order valence-corrected chi connectivity index (χ3v) is 6.36. The molecule has 2 aliphatic rings. The number of alkyl carbamates (subject to hydrolysis) is 1. The van der Waals surface area contributed by atoms with Crippen LogP contribution < -0.4 is 20.9 Å². The van der Waals surface area contributed by atoms with Crippen LogP contribution in [0.2, 0.25) is 0 Å². The zero-order chi connectivity index (χ0) is 28.4. The lowest BCUT2D eigenvalue weighted by atomic mass is 10.0. The van der Waals surface area contributed by atoms with Gasteiger partial charge in [-0.25, -0.2) is 14.0 Å². The number of benzene rings is 2. The lowest BCUT2D eigenvalue weighted by molar-refractivity contribution is -0.124. The number of nitrogens with zero attached hydrogens (tertiary/aromatic N) is 1. The molecule has 3 N–H and O–H groups in total. The van der Waals surface area contributed by atoms with Gasteiger partial charge >= 0.3 is 12.2 Å². The highest BCUT2D eigenvalue weighted by Crippen LogP contribution is 2.36. The van der Waals surface area contributed by atoms with Crippen LogP contribution in [-0.2, 0) is 25.6 Å². The molecule has 1 saturated carbocycles. The van der Waals surface area contributed by atoms with Gasteiger partial charge in [0, 0.05) is 19.0 Å². The number of rotatable bonds is 8. The maximum atomic E-state index is 15.0. The smallest absolute Gasteiger partial charge is 0.414 e. The molecule has 10 nitrogen and oxygen atoms in total. The van der Waals surface area contributed by atoms with Crippen LogP contribution in [0.15, 0.2) is 42.5 Å². The Bertz CT molecular complexity index is 1270. The van der Waals surface area contributed by atoms with E-state index in [1.54, 1.807) is 57.2 Å². The second-order valence-corrected chi connectivity index (χ2v) is 10.8. The summed E-state index contributed by atoms with van der Waals surface area (Å²) in [6.45, 7) is 7.28. The normalized spacial score (nSPS) is 17.7. The number of anilines is 1. The maximum absolute atomic E-state index is 15.0. The molecule has 2 fully saturated rings. The van der Waals surface area contributed by atoms with Crippen LogP contribution in [-0.4, -0.2) is 54.3 Å². The van der Waals surface area contributed by atoms with Crippen molar-refractivity contribution in [1.29, 1.82) is 0 Å². The van der Waals surface area contributed by atoms with E-state index in [1.807, 2.05) is 0 Å². The number of carbonyl (C=O) groups excluding carboxylic acids is 4. The van der Waals surface area contributed by atoms with Crippen LogP contribution in [0.25, 0.3) is 11.1 Å². The Kier molecular flexibility index (Phi) is 7.80. The maximum Gasteiger partial charge on any atom is 0.414 e. The Morgan fingerprint density at radius 2 is 1.79 bits per heavy atom. The predicted octanol–water partition coefficient (Wildman–Crippen LogP) is 3.63. The van der Waals surface area contributed by atoms with E-state index >= 15 is 4.39 Å². The molecular weight excluding hydrogens is 507 g/mol. The quantitative estimate of drug-likeness (QED) is 0.470. The molecule has 4 rings (SSSR count). The van der Waals surface area contributed by atoms with Crippen molar-refractivity contribution in [3.63, 3.8) is 0 Å². The first kappa shape index (κ1) is 27.9. The Labute approximate surface area is 226 Å². The third kappa shape index (κ3) is 7.04. The first-order valence-corrected chi connectivity index (χ1v) is 12.8. The van der Waals surface area contributed by atoms with Gasteiger partial charge in [0.25, 0.3) is 0 Å². The van der Waals surface area contributed by atoms with E-state index in [9.17, 15) is 19.2 Å². The molecule has 1 aliphatic heterocycles.